The number of carbonyl (C=O) groups is 1. The van der Waals surface area contributed by atoms with E-state index in [1.54, 1.807) is 25.1 Å². The molecular formula is C17H17Cl2NO2. The highest BCUT2D eigenvalue weighted by atomic mass is 35.5. The molecule has 0 saturated heterocycles. The molecule has 0 spiro atoms. The van der Waals surface area contributed by atoms with Crippen LogP contribution >= 0.6 is 23.2 Å². The van der Waals surface area contributed by atoms with Crippen molar-refractivity contribution in [1.82, 2.24) is 0 Å². The van der Waals surface area contributed by atoms with Crippen LogP contribution in [0, 0.1) is 13.8 Å². The molecule has 5 heteroatoms. The van der Waals surface area contributed by atoms with Crippen LogP contribution in [0.2, 0.25) is 10.0 Å². The lowest BCUT2D eigenvalue weighted by Gasteiger charge is -2.17. The van der Waals surface area contributed by atoms with Gasteiger partial charge in [0.05, 0.1) is 5.02 Å². The maximum absolute atomic E-state index is 12.3. The van der Waals surface area contributed by atoms with Gasteiger partial charge in [-0.1, -0.05) is 41.4 Å². The number of nitrogens with one attached hydrogen (secondary N) is 1. The monoisotopic (exact) mass is 337 g/mol. The molecule has 0 bridgehead atoms. The number of aryl methyl sites for hydroxylation is 2. The lowest BCUT2D eigenvalue weighted by Crippen LogP contribution is -2.30. The molecule has 0 aliphatic carbocycles. The lowest BCUT2D eigenvalue weighted by atomic mass is 10.1. The van der Waals surface area contributed by atoms with E-state index < -0.39 is 6.10 Å². The van der Waals surface area contributed by atoms with Crippen molar-refractivity contribution >= 4 is 34.8 Å². The zero-order valence-corrected chi connectivity index (χ0v) is 14.1. The Kier molecular flexibility index (Phi) is 5.33. The highest BCUT2D eigenvalue weighted by Crippen LogP contribution is 2.28. The highest BCUT2D eigenvalue weighted by molar-refractivity contribution is 6.35. The Hall–Kier alpha value is -1.71. The maximum atomic E-state index is 12.3. The lowest BCUT2D eigenvalue weighted by molar-refractivity contribution is -0.122. The van der Waals surface area contributed by atoms with Crippen molar-refractivity contribution in [1.29, 1.82) is 0 Å². The van der Waals surface area contributed by atoms with E-state index in [-0.39, 0.29) is 5.91 Å². The third-order valence-corrected chi connectivity index (χ3v) is 3.83. The molecule has 22 heavy (non-hydrogen) atoms. The van der Waals surface area contributed by atoms with Crippen molar-refractivity contribution in [3.8, 4) is 5.75 Å². The zero-order chi connectivity index (χ0) is 16.3. The Morgan fingerprint density at radius 1 is 1.14 bits per heavy atom. The Morgan fingerprint density at radius 2 is 1.77 bits per heavy atom. The minimum atomic E-state index is -0.683. The second-order valence-corrected chi connectivity index (χ2v) is 5.93. The number of hydrogen-bond donors (Lipinski definition) is 1. The fourth-order valence-corrected chi connectivity index (χ4v) is 2.50. The molecule has 2 aromatic rings. The second-order valence-electron chi connectivity index (χ2n) is 5.09. The predicted molar refractivity (Wildman–Crippen MR) is 91.1 cm³/mol. The number of carbonyl (C=O) groups excluding carboxylic acids is 1. The van der Waals surface area contributed by atoms with E-state index in [0.717, 1.165) is 16.8 Å². The van der Waals surface area contributed by atoms with Crippen LogP contribution in [0.1, 0.15) is 18.1 Å². The predicted octanol–water partition coefficient (Wildman–Crippen LogP) is 5.02. The number of halogens is 2. The fourth-order valence-electron chi connectivity index (χ4n) is 2.05. The van der Waals surface area contributed by atoms with Gasteiger partial charge in [0.1, 0.15) is 5.75 Å². The molecule has 0 aliphatic heterocycles. The number of hydrogen-bond acceptors (Lipinski definition) is 2. The summed E-state index contributed by atoms with van der Waals surface area (Å²) in [4.78, 5) is 12.3. The first-order valence-corrected chi connectivity index (χ1v) is 7.63. The quantitative estimate of drug-likeness (QED) is 0.850. The van der Waals surface area contributed by atoms with Gasteiger partial charge < -0.3 is 10.1 Å². The Balaban J connectivity index is 2.09. The van der Waals surface area contributed by atoms with Crippen molar-refractivity contribution in [2.24, 2.45) is 0 Å². The van der Waals surface area contributed by atoms with E-state index in [4.69, 9.17) is 27.9 Å². The third kappa shape index (κ3) is 3.93. The number of anilines is 1. The first-order valence-electron chi connectivity index (χ1n) is 6.87. The van der Waals surface area contributed by atoms with E-state index in [1.807, 2.05) is 32.0 Å². The van der Waals surface area contributed by atoms with Crippen LogP contribution < -0.4 is 10.1 Å². The largest absolute Gasteiger partial charge is 0.479 e. The molecule has 0 saturated carbocycles. The van der Waals surface area contributed by atoms with Gasteiger partial charge in [0.2, 0.25) is 0 Å². The van der Waals surface area contributed by atoms with Crippen LogP contribution in [0.4, 0.5) is 5.69 Å². The van der Waals surface area contributed by atoms with Gasteiger partial charge in [0, 0.05) is 10.7 Å². The number of rotatable bonds is 4. The smallest absolute Gasteiger partial charge is 0.265 e. The van der Waals surface area contributed by atoms with Gasteiger partial charge in [0.15, 0.2) is 6.10 Å². The molecule has 1 atom stereocenters. The minimum absolute atomic E-state index is 0.233. The average Bonchev–Trinajstić information content (AvgIpc) is 2.45. The summed E-state index contributed by atoms with van der Waals surface area (Å²) in [5, 5.41) is 3.79. The maximum Gasteiger partial charge on any atom is 0.265 e. The fraction of sp³-hybridized carbons (Fsp3) is 0.235. The molecule has 116 valence electrons. The van der Waals surface area contributed by atoms with Crippen LogP contribution in [0.15, 0.2) is 36.4 Å². The van der Waals surface area contributed by atoms with Crippen LogP contribution in [0.5, 0.6) is 5.75 Å². The first-order chi connectivity index (χ1) is 10.4. The van der Waals surface area contributed by atoms with Crippen molar-refractivity contribution in [3.63, 3.8) is 0 Å². The van der Waals surface area contributed by atoms with Crippen molar-refractivity contribution in [2.75, 3.05) is 5.32 Å². The normalized spacial score (nSPS) is 11.9. The molecule has 0 heterocycles. The third-order valence-electron chi connectivity index (χ3n) is 3.30. The van der Waals surface area contributed by atoms with Crippen molar-refractivity contribution in [2.45, 2.75) is 26.9 Å². The Bertz CT molecular complexity index is 681. The molecule has 0 aliphatic rings. The average molecular weight is 338 g/mol. The van der Waals surface area contributed by atoms with Crippen LogP contribution in [0.3, 0.4) is 0 Å². The van der Waals surface area contributed by atoms with Gasteiger partial charge in [-0.05, 0) is 50.1 Å². The molecule has 0 fully saturated rings. The summed E-state index contributed by atoms with van der Waals surface area (Å²) < 4.78 is 5.61. The molecule has 1 amide bonds. The molecule has 0 aromatic heterocycles. The summed E-state index contributed by atoms with van der Waals surface area (Å²) in [6.07, 6.45) is -0.683. The van der Waals surface area contributed by atoms with Crippen LogP contribution in [0.25, 0.3) is 0 Å². The highest BCUT2D eigenvalue weighted by Gasteiger charge is 2.17. The number of amides is 1. The van der Waals surface area contributed by atoms with E-state index in [2.05, 4.69) is 5.32 Å². The van der Waals surface area contributed by atoms with Gasteiger partial charge in [0.25, 0.3) is 5.91 Å². The molecule has 1 N–H and O–H groups in total. The summed E-state index contributed by atoms with van der Waals surface area (Å²) in [6.45, 7) is 5.57. The number of ether oxygens (including phenoxy) is 1. The summed E-state index contributed by atoms with van der Waals surface area (Å²) in [5.74, 6) is 0.193. The van der Waals surface area contributed by atoms with Crippen LogP contribution in [-0.4, -0.2) is 12.0 Å². The summed E-state index contributed by atoms with van der Waals surface area (Å²) in [5.41, 5.74) is 2.82. The van der Waals surface area contributed by atoms with E-state index in [0.29, 0.717) is 15.8 Å². The van der Waals surface area contributed by atoms with Gasteiger partial charge in [-0.25, -0.2) is 0 Å². The molecule has 1 unspecified atom stereocenters. The SMILES string of the molecule is Cc1cccc(C)c1NC(=O)C(C)Oc1ccc(Cl)cc1Cl. The Labute approximate surface area is 140 Å². The molecule has 0 radical (unpaired) electrons. The summed E-state index contributed by atoms with van der Waals surface area (Å²) in [6, 6.07) is 10.7. The first kappa shape index (κ1) is 16.7. The van der Waals surface area contributed by atoms with E-state index >= 15 is 0 Å². The van der Waals surface area contributed by atoms with Crippen molar-refractivity contribution < 1.29 is 9.53 Å². The molecular weight excluding hydrogens is 321 g/mol. The summed E-state index contributed by atoms with van der Waals surface area (Å²) >= 11 is 11.9. The zero-order valence-electron chi connectivity index (χ0n) is 12.6. The van der Waals surface area contributed by atoms with Gasteiger partial charge in [-0.2, -0.15) is 0 Å². The van der Waals surface area contributed by atoms with Gasteiger partial charge in [-0.3, -0.25) is 4.79 Å². The van der Waals surface area contributed by atoms with Gasteiger partial charge >= 0.3 is 0 Å². The molecule has 2 rings (SSSR count). The standard InChI is InChI=1S/C17H17Cl2NO2/c1-10-5-4-6-11(2)16(10)20-17(21)12(3)22-15-8-7-13(18)9-14(15)19/h4-9,12H,1-3H3,(H,20,21). The van der Waals surface area contributed by atoms with E-state index in [9.17, 15) is 4.79 Å². The minimum Gasteiger partial charge on any atom is -0.479 e. The van der Waals surface area contributed by atoms with Crippen molar-refractivity contribution in [3.05, 3.63) is 57.6 Å². The summed E-state index contributed by atoms with van der Waals surface area (Å²) in [7, 11) is 0. The van der Waals surface area contributed by atoms with Gasteiger partial charge in [-0.15, -0.1) is 0 Å². The second kappa shape index (κ2) is 7.03. The topological polar surface area (TPSA) is 38.3 Å². The number of para-hydroxylation sites is 1. The molecule has 2 aromatic carbocycles. The van der Waals surface area contributed by atoms with E-state index in [1.165, 1.54) is 0 Å². The number of benzene rings is 2. The van der Waals surface area contributed by atoms with Crippen LogP contribution in [-0.2, 0) is 4.79 Å². The Morgan fingerprint density at radius 3 is 2.36 bits per heavy atom. The molecule has 3 nitrogen and oxygen atoms in total.